The van der Waals surface area contributed by atoms with E-state index in [0.717, 1.165) is 24.9 Å². The standard InChI is InChI=1S/C28H35N3O5/c1-2-3-7-15-29-16-9-14-28-23(26(34)31(18-10-19-32)24(28)27(29)35)22-21(36-28)13-8-17-30(25(22)33)20-11-5-4-6-12-20/h4-6,8-9,11-14,21-24,32H,2-3,7,10,15-19H2,1H3/t21-,22+,23+,24?,28+/m1/s1. The van der Waals surface area contributed by atoms with E-state index < -0.39 is 29.6 Å². The van der Waals surface area contributed by atoms with E-state index in [2.05, 4.69) is 6.92 Å². The Balaban J connectivity index is 1.54. The summed E-state index contributed by atoms with van der Waals surface area (Å²) in [6.07, 6.45) is 10.3. The van der Waals surface area contributed by atoms with Crippen LogP contribution in [0.5, 0.6) is 0 Å². The van der Waals surface area contributed by atoms with Crippen molar-refractivity contribution in [3.63, 3.8) is 0 Å². The van der Waals surface area contributed by atoms with Gasteiger partial charge in [-0.3, -0.25) is 14.4 Å². The first kappa shape index (κ1) is 24.7. The third kappa shape index (κ3) is 3.96. The van der Waals surface area contributed by atoms with E-state index >= 15 is 0 Å². The summed E-state index contributed by atoms with van der Waals surface area (Å²) in [5.41, 5.74) is -0.444. The van der Waals surface area contributed by atoms with Crippen LogP contribution in [0.3, 0.4) is 0 Å². The zero-order valence-corrected chi connectivity index (χ0v) is 20.8. The number of hydrogen-bond donors (Lipinski definition) is 1. The molecule has 0 aliphatic carbocycles. The second-order valence-corrected chi connectivity index (χ2v) is 10.1. The summed E-state index contributed by atoms with van der Waals surface area (Å²) >= 11 is 0. The van der Waals surface area contributed by atoms with Crippen LogP contribution in [0.4, 0.5) is 5.69 Å². The summed E-state index contributed by atoms with van der Waals surface area (Å²) in [5, 5.41) is 9.51. The Morgan fingerprint density at radius 3 is 2.53 bits per heavy atom. The highest BCUT2D eigenvalue weighted by Crippen LogP contribution is 2.53. The first-order chi connectivity index (χ1) is 17.5. The number of carbonyl (C=O) groups is 3. The van der Waals surface area contributed by atoms with Gasteiger partial charge in [0, 0.05) is 38.5 Å². The number of aliphatic hydroxyl groups is 1. The number of unbranched alkanes of at least 4 members (excludes halogenated alkanes) is 2. The largest absolute Gasteiger partial charge is 0.396 e. The summed E-state index contributed by atoms with van der Waals surface area (Å²) in [4.78, 5) is 47.0. The van der Waals surface area contributed by atoms with Crippen molar-refractivity contribution >= 4 is 23.4 Å². The van der Waals surface area contributed by atoms with Crippen LogP contribution in [-0.4, -0.2) is 83.2 Å². The highest BCUT2D eigenvalue weighted by Gasteiger charge is 2.71. The van der Waals surface area contributed by atoms with Crippen molar-refractivity contribution in [1.82, 2.24) is 9.80 Å². The molecule has 2 saturated heterocycles. The molecular weight excluding hydrogens is 458 g/mol. The van der Waals surface area contributed by atoms with E-state index in [9.17, 15) is 19.5 Å². The van der Waals surface area contributed by atoms with Crippen LogP contribution in [0.15, 0.2) is 54.6 Å². The van der Waals surface area contributed by atoms with Gasteiger partial charge in [-0.25, -0.2) is 0 Å². The Labute approximate surface area is 212 Å². The number of nitrogens with zero attached hydrogens (tertiary/aromatic N) is 3. The molecule has 8 heteroatoms. The summed E-state index contributed by atoms with van der Waals surface area (Å²) < 4.78 is 6.63. The van der Waals surface area contributed by atoms with Crippen molar-refractivity contribution in [2.45, 2.75) is 50.4 Å². The van der Waals surface area contributed by atoms with Crippen molar-refractivity contribution in [2.24, 2.45) is 11.8 Å². The highest BCUT2D eigenvalue weighted by atomic mass is 16.5. The zero-order valence-electron chi connectivity index (χ0n) is 20.8. The van der Waals surface area contributed by atoms with E-state index in [1.54, 1.807) is 14.7 Å². The molecular formula is C28H35N3O5. The summed E-state index contributed by atoms with van der Waals surface area (Å²) in [5.74, 6) is -2.09. The molecule has 5 rings (SSSR count). The van der Waals surface area contributed by atoms with Gasteiger partial charge in [0.15, 0.2) is 0 Å². The second-order valence-electron chi connectivity index (χ2n) is 10.1. The molecule has 4 aliphatic rings. The number of fused-ring (bicyclic) bond motifs is 2. The molecule has 5 atom stereocenters. The summed E-state index contributed by atoms with van der Waals surface area (Å²) in [7, 11) is 0. The fourth-order valence-electron chi connectivity index (χ4n) is 6.26. The van der Waals surface area contributed by atoms with Gasteiger partial charge in [0.05, 0.1) is 17.9 Å². The van der Waals surface area contributed by atoms with Gasteiger partial charge in [-0.2, -0.15) is 0 Å². The number of anilines is 1. The fraction of sp³-hybridized carbons (Fsp3) is 0.536. The maximum absolute atomic E-state index is 14.0. The average molecular weight is 494 g/mol. The van der Waals surface area contributed by atoms with Crippen LogP contribution in [0.2, 0.25) is 0 Å². The van der Waals surface area contributed by atoms with Crippen molar-refractivity contribution in [3.8, 4) is 0 Å². The maximum atomic E-state index is 14.0. The number of rotatable bonds is 8. The minimum Gasteiger partial charge on any atom is -0.396 e. The van der Waals surface area contributed by atoms with E-state index in [1.807, 2.05) is 54.6 Å². The Kier molecular flexibility index (Phi) is 6.99. The van der Waals surface area contributed by atoms with Crippen LogP contribution < -0.4 is 4.90 Å². The lowest BCUT2D eigenvalue weighted by molar-refractivity contribution is -0.147. The Hall–Kier alpha value is -2.97. The molecule has 3 amide bonds. The molecule has 1 aromatic carbocycles. The highest BCUT2D eigenvalue weighted by molar-refractivity contribution is 6.03. The van der Waals surface area contributed by atoms with Gasteiger partial charge in [0.25, 0.3) is 0 Å². The quantitative estimate of drug-likeness (QED) is 0.443. The molecule has 4 heterocycles. The van der Waals surface area contributed by atoms with Gasteiger partial charge in [0.1, 0.15) is 11.6 Å². The fourth-order valence-corrected chi connectivity index (χ4v) is 6.26. The number of hydrogen-bond acceptors (Lipinski definition) is 5. The molecule has 4 aliphatic heterocycles. The first-order valence-corrected chi connectivity index (χ1v) is 13.1. The van der Waals surface area contributed by atoms with Gasteiger partial charge < -0.3 is 24.5 Å². The molecule has 0 bridgehead atoms. The van der Waals surface area contributed by atoms with Crippen molar-refractivity contribution in [2.75, 3.05) is 37.7 Å². The van der Waals surface area contributed by atoms with Gasteiger partial charge in [-0.1, -0.05) is 62.3 Å². The second kappa shape index (κ2) is 10.2. The zero-order chi connectivity index (χ0) is 25.3. The lowest BCUT2D eigenvalue weighted by Crippen LogP contribution is -2.55. The minimum absolute atomic E-state index is 0.0885. The molecule has 0 saturated carbocycles. The third-order valence-electron chi connectivity index (χ3n) is 7.90. The Morgan fingerprint density at radius 2 is 1.78 bits per heavy atom. The number of para-hydroxylation sites is 1. The minimum atomic E-state index is -1.21. The third-order valence-corrected chi connectivity index (χ3v) is 7.90. The number of carbonyl (C=O) groups excluding carboxylic acids is 3. The lowest BCUT2D eigenvalue weighted by Gasteiger charge is -2.35. The van der Waals surface area contributed by atoms with Crippen LogP contribution in [0.25, 0.3) is 0 Å². The van der Waals surface area contributed by atoms with E-state index in [0.29, 0.717) is 26.1 Å². The molecule has 0 radical (unpaired) electrons. The van der Waals surface area contributed by atoms with Crippen LogP contribution in [0, 0.1) is 11.8 Å². The number of amides is 3. The summed E-state index contributed by atoms with van der Waals surface area (Å²) in [6.45, 7) is 3.74. The van der Waals surface area contributed by atoms with Gasteiger partial charge in [-0.05, 0) is 25.0 Å². The van der Waals surface area contributed by atoms with Gasteiger partial charge in [0.2, 0.25) is 17.7 Å². The van der Waals surface area contributed by atoms with Crippen molar-refractivity contribution < 1.29 is 24.2 Å². The molecule has 2 fully saturated rings. The molecule has 8 nitrogen and oxygen atoms in total. The Morgan fingerprint density at radius 1 is 0.972 bits per heavy atom. The molecule has 0 aromatic heterocycles. The van der Waals surface area contributed by atoms with E-state index in [4.69, 9.17) is 4.74 Å². The molecule has 36 heavy (non-hydrogen) atoms. The predicted molar refractivity (Wildman–Crippen MR) is 135 cm³/mol. The van der Waals surface area contributed by atoms with Gasteiger partial charge >= 0.3 is 0 Å². The van der Waals surface area contributed by atoms with Gasteiger partial charge in [-0.15, -0.1) is 0 Å². The average Bonchev–Trinajstić information content (AvgIpc) is 3.20. The molecule has 1 spiro atoms. The van der Waals surface area contributed by atoms with Crippen LogP contribution in [0.1, 0.15) is 32.6 Å². The normalized spacial score (nSPS) is 31.4. The molecule has 1 N–H and O–H groups in total. The lowest BCUT2D eigenvalue weighted by atomic mass is 9.77. The Bertz CT molecular complexity index is 1060. The number of ether oxygens (including phenoxy) is 1. The maximum Gasteiger partial charge on any atom is 0.249 e. The molecule has 192 valence electrons. The van der Waals surface area contributed by atoms with E-state index in [1.165, 1.54) is 0 Å². The van der Waals surface area contributed by atoms with Crippen LogP contribution in [-0.2, 0) is 19.1 Å². The SMILES string of the molecule is CCCCCN1CC=C[C@]23O[C@@H]4C=CCN(c5ccccc5)C(=O)[C@@H]4[C@H]2C(=O)N(CCCO)C3C1=O. The van der Waals surface area contributed by atoms with Crippen molar-refractivity contribution in [3.05, 3.63) is 54.6 Å². The van der Waals surface area contributed by atoms with Crippen molar-refractivity contribution in [1.29, 1.82) is 0 Å². The monoisotopic (exact) mass is 493 g/mol. The molecule has 1 aromatic rings. The topological polar surface area (TPSA) is 90.4 Å². The number of likely N-dealkylation sites (tertiary alicyclic amines) is 1. The van der Waals surface area contributed by atoms with E-state index in [-0.39, 0.29) is 30.9 Å². The smallest absolute Gasteiger partial charge is 0.249 e. The summed E-state index contributed by atoms with van der Waals surface area (Å²) in [6, 6.07) is 8.58. The number of benzene rings is 1. The predicted octanol–water partition coefficient (Wildman–Crippen LogP) is 2.14. The number of aliphatic hydroxyl groups excluding tert-OH is 1. The molecule has 1 unspecified atom stereocenters. The first-order valence-electron chi connectivity index (χ1n) is 13.1. The van der Waals surface area contributed by atoms with Crippen LogP contribution >= 0.6 is 0 Å².